The van der Waals surface area contributed by atoms with E-state index in [4.69, 9.17) is 0 Å². The van der Waals surface area contributed by atoms with Crippen molar-refractivity contribution < 1.29 is 18.0 Å². The van der Waals surface area contributed by atoms with Gasteiger partial charge < -0.3 is 5.32 Å². The number of rotatable bonds is 3. The predicted octanol–water partition coefficient (Wildman–Crippen LogP) is 3.09. The van der Waals surface area contributed by atoms with Crippen molar-refractivity contribution in [3.63, 3.8) is 0 Å². The molecule has 0 radical (unpaired) electrons. The van der Waals surface area contributed by atoms with Crippen LogP contribution in [0.5, 0.6) is 0 Å². The van der Waals surface area contributed by atoms with Crippen molar-refractivity contribution >= 4 is 11.6 Å². The third-order valence-electron chi connectivity index (χ3n) is 3.90. The number of hydrogen-bond acceptors (Lipinski definition) is 4. The minimum absolute atomic E-state index is 0.0216. The molecule has 1 N–H and O–H groups in total. The number of aromatic nitrogens is 4. The highest BCUT2D eigenvalue weighted by Gasteiger charge is 2.37. The summed E-state index contributed by atoms with van der Waals surface area (Å²) in [6, 6.07) is 1.68. The van der Waals surface area contributed by atoms with Crippen molar-refractivity contribution in [1.29, 1.82) is 0 Å². The number of aryl methyl sites for hydroxylation is 2. The zero-order valence-corrected chi connectivity index (χ0v) is 14.3. The standard InChI is InChI=1S/C17H16F3N5O/c1-9-4-12(7-21-6-9)14-5-10(2)25-15(24-14)13(8-22-25)16(26)23-11(3)17(18,19)20/h4-8,11H,1-3H3,(H,23,26)/t11-/m0/s1. The summed E-state index contributed by atoms with van der Waals surface area (Å²) in [7, 11) is 0. The fourth-order valence-electron chi connectivity index (χ4n) is 2.47. The maximum absolute atomic E-state index is 12.7. The van der Waals surface area contributed by atoms with Crippen LogP contribution in [-0.4, -0.2) is 37.7 Å². The van der Waals surface area contributed by atoms with E-state index < -0.39 is 18.1 Å². The summed E-state index contributed by atoms with van der Waals surface area (Å²) >= 11 is 0. The van der Waals surface area contributed by atoms with Gasteiger partial charge in [-0.05, 0) is 38.5 Å². The second-order valence-electron chi connectivity index (χ2n) is 6.06. The molecule has 6 nitrogen and oxygen atoms in total. The van der Waals surface area contributed by atoms with Crippen LogP contribution >= 0.6 is 0 Å². The number of pyridine rings is 1. The van der Waals surface area contributed by atoms with E-state index in [0.29, 0.717) is 11.4 Å². The summed E-state index contributed by atoms with van der Waals surface area (Å²) in [4.78, 5) is 20.8. The Kier molecular flexibility index (Phi) is 4.39. The fraction of sp³-hybridized carbons (Fsp3) is 0.294. The zero-order valence-electron chi connectivity index (χ0n) is 14.3. The molecule has 1 atom stereocenters. The van der Waals surface area contributed by atoms with Gasteiger partial charge in [0.1, 0.15) is 11.6 Å². The van der Waals surface area contributed by atoms with E-state index in [9.17, 15) is 18.0 Å². The fourth-order valence-corrected chi connectivity index (χ4v) is 2.47. The lowest BCUT2D eigenvalue weighted by atomic mass is 10.1. The van der Waals surface area contributed by atoms with Gasteiger partial charge in [0.25, 0.3) is 5.91 Å². The Balaban J connectivity index is 2.04. The average molecular weight is 363 g/mol. The van der Waals surface area contributed by atoms with Gasteiger partial charge in [0.05, 0.1) is 11.9 Å². The number of carbonyl (C=O) groups excluding carboxylic acids is 1. The molecular formula is C17H16F3N5O. The van der Waals surface area contributed by atoms with Crippen molar-refractivity contribution in [1.82, 2.24) is 24.9 Å². The third-order valence-corrected chi connectivity index (χ3v) is 3.90. The zero-order chi connectivity index (χ0) is 19.1. The van der Waals surface area contributed by atoms with Crippen LogP contribution in [0, 0.1) is 13.8 Å². The van der Waals surface area contributed by atoms with E-state index in [1.165, 1.54) is 10.7 Å². The van der Waals surface area contributed by atoms with Crippen LogP contribution in [0.3, 0.4) is 0 Å². The number of hydrogen-bond donors (Lipinski definition) is 1. The highest BCUT2D eigenvalue weighted by Crippen LogP contribution is 2.23. The molecule has 0 saturated carbocycles. The molecule has 9 heteroatoms. The Morgan fingerprint density at radius 2 is 1.92 bits per heavy atom. The van der Waals surface area contributed by atoms with Gasteiger partial charge in [0, 0.05) is 23.7 Å². The molecule has 0 fully saturated rings. The first-order valence-corrected chi connectivity index (χ1v) is 7.82. The molecule has 0 aliphatic heterocycles. The van der Waals surface area contributed by atoms with E-state index in [1.54, 1.807) is 25.4 Å². The van der Waals surface area contributed by atoms with Crippen LogP contribution in [0.4, 0.5) is 13.2 Å². The second-order valence-corrected chi connectivity index (χ2v) is 6.06. The summed E-state index contributed by atoms with van der Waals surface area (Å²) < 4.78 is 39.5. The summed E-state index contributed by atoms with van der Waals surface area (Å²) in [6.45, 7) is 4.54. The first-order valence-electron chi connectivity index (χ1n) is 7.82. The van der Waals surface area contributed by atoms with Crippen LogP contribution < -0.4 is 5.32 Å². The first-order chi connectivity index (χ1) is 12.2. The minimum Gasteiger partial charge on any atom is -0.340 e. The van der Waals surface area contributed by atoms with Crippen LogP contribution in [0.2, 0.25) is 0 Å². The van der Waals surface area contributed by atoms with Gasteiger partial charge in [0.15, 0.2) is 5.65 Å². The molecule has 3 rings (SSSR count). The molecule has 0 unspecified atom stereocenters. The third kappa shape index (κ3) is 3.37. The highest BCUT2D eigenvalue weighted by molar-refractivity contribution is 6.00. The van der Waals surface area contributed by atoms with Gasteiger partial charge in [-0.3, -0.25) is 9.78 Å². The van der Waals surface area contributed by atoms with E-state index in [1.807, 2.05) is 18.3 Å². The number of alkyl halides is 3. The van der Waals surface area contributed by atoms with E-state index in [-0.39, 0.29) is 11.2 Å². The van der Waals surface area contributed by atoms with Crippen molar-refractivity contribution in [3.05, 3.63) is 47.5 Å². The summed E-state index contributed by atoms with van der Waals surface area (Å²) in [5.41, 5.74) is 3.10. The smallest absolute Gasteiger partial charge is 0.340 e. The minimum atomic E-state index is -4.53. The molecular weight excluding hydrogens is 347 g/mol. The number of nitrogens with one attached hydrogen (secondary N) is 1. The first kappa shape index (κ1) is 17.8. The normalized spacial score (nSPS) is 13.0. The Morgan fingerprint density at radius 1 is 1.19 bits per heavy atom. The van der Waals surface area contributed by atoms with Gasteiger partial charge in [-0.1, -0.05) is 0 Å². The van der Waals surface area contributed by atoms with Crippen molar-refractivity contribution in [2.45, 2.75) is 33.0 Å². The molecule has 3 aromatic rings. The molecule has 136 valence electrons. The Labute approximate surface area is 147 Å². The summed E-state index contributed by atoms with van der Waals surface area (Å²) in [5, 5.41) is 5.99. The van der Waals surface area contributed by atoms with Crippen molar-refractivity contribution in [2.24, 2.45) is 0 Å². The van der Waals surface area contributed by atoms with E-state index in [2.05, 4.69) is 15.1 Å². The van der Waals surface area contributed by atoms with Crippen LogP contribution in [0.25, 0.3) is 16.9 Å². The van der Waals surface area contributed by atoms with Crippen molar-refractivity contribution in [3.8, 4) is 11.3 Å². The number of fused-ring (bicyclic) bond motifs is 1. The van der Waals surface area contributed by atoms with Gasteiger partial charge >= 0.3 is 6.18 Å². The van der Waals surface area contributed by atoms with Crippen LogP contribution in [0.1, 0.15) is 28.5 Å². The molecule has 0 aromatic carbocycles. The van der Waals surface area contributed by atoms with Gasteiger partial charge in [-0.2, -0.15) is 18.3 Å². The number of amides is 1. The lowest BCUT2D eigenvalue weighted by Gasteiger charge is -2.16. The molecule has 0 saturated heterocycles. The molecule has 26 heavy (non-hydrogen) atoms. The van der Waals surface area contributed by atoms with E-state index >= 15 is 0 Å². The summed E-state index contributed by atoms with van der Waals surface area (Å²) in [6.07, 6.45) is 0.0185. The maximum Gasteiger partial charge on any atom is 0.408 e. The van der Waals surface area contributed by atoms with Crippen molar-refractivity contribution in [2.75, 3.05) is 0 Å². The molecule has 3 aromatic heterocycles. The topological polar surface area (TPSA) is 72.2 Å². The van der Waals surface area contributed by atoms with Gasteiger partial charge in [-0.15, -0.1) is 0 Å². The van der Waals surface area contributed by atoms with Gasteiger partial charge in [0.2, 0.25) is 0 Å². The summed E-state index contributed by atoms with van der Waals surface area (Å²) in [5.74, 6) is -0.878. The lowest BCUT2D eigenvalue weighted by Crippen LogP contribution is -2.43. The van der Waals surface area contributed by atoms with Gasteiger partial charge in [-0.25, -0.2) is 9.50 Å². The second kappa shape index (κ2) is 6.40. The number of carbonyl (C=O) groups is 1. The molecule has 0 bridgehead atoms. The largest absolute Gasteiger partial charge is 0.408 e. The quantitative estimate of drug-likeness (QED) is 0.776. The predicted molar refractivity (Wildman–Crippen MR) is 88.7 cm³/mol. The highest BCUT2D eigenvalue weighted by atomic mass is 19.4. The Hall–Kier alpha value is -2.97. The molecule has 0 spiro atoms. The Bertz CT molecular complexity index is 980. The molecule has 0 aliphatic rings. The molecule has 0 aliphatic carbocycles. The van der Waals surface area contributed by atoms with Crippen LogP contribution in [-0.2, 0) is 0 Å². The lowest BCUT2D eigenvalue weighted by molar-refractivity contribution is -0.149. The molecule has 3 heterocycles. The number of halogens is 3. The van der Waals surface area contributed by atoms with Crippen LogP contribution in [0.15, 0.2) is 30.7 Å². The Morgan fingerprint density at radius 3 is 2.58 bits per heavy atom. The average Bonchev–Trinajstić information content (AvgIpc) is 2.98. The SMILES string of the molecule is Cc1cncc(-c2cc(C)n3ncc(C(=O)N[C@@H](C)C(F)(F)F)c3n2)c1. The maximum atomic E-state index is 12.7. The molecule has 1 amide bonds. The van der Waals surface area contributed by atoms with E-state index in [0.717, 1.165) is 18.1 Å². The number of nitrogens with zero attached hydrogens (tertiary/aromatic N) is 4. The monoisotopic (exact) mass is 363 g/mol.